The molecule has 0 saturated carbocycles. The van der Waals surface area contributed by atoms with Gasteiger partial charge in [0.2, 0.25) is 0 Å². The van der Waals surface area contributed by atoms with Gasteiger partial charge in [0.15, 0.2) is 5.78 Å². The van der Waals surface area contributed by atoms with Crippen molar-refractivity contribution < 1.29 is 14.3 Å². The highest BCUT2D eigenvalue weighted by molar-refractivity contribution is 9.10. The maximum Gasteiger partial charge on any atom is 0.410 e. The standard InChI is InChI=1S/C13H18BrN3O3/c1-8(18)11-10(14)5-15-17(11)9-6-16(7-9)12(19)20-13(2,3)4/h5,9H,6-7H2,1-4H3. The zero-order valence-electron chi connectivity index (χ0n) is 12.0. The van der Waals surface area contributed by atoms with Crippen LogP contribution in [0.15, 0.2) is 10.7 Å². The number of halogens is 1. The number of Topliss-reactive ketones (excluding diaryl/α,β-unsaturated/α-hetero) is 1. The van der Waals surface area contributed by atoms with Gasteiger partial charge in [0.1, 0.15) is 11.3 Å². The molecule has 1 aliphatic heterocycles. The average molecular weight is 344 g/mol. The lowest BCUT2D eigenvalue weighted by atomic mass is 10.1. The summed E-state index contributed by atoms with van der Waals surface area (Å²) in [5, 5.41) is 4.20. The fourth-order valence-corrected chi connectivity index (χ4v) is 2.59. The van der Waals surface area contributed by atoms with Crippen LogP contribution in [0.2, 0.25) is 0 Å². The van der Waals surface area contributed by atoms with E-state index in [0.717, 1.165) is 0 Å². The van der Waals surface area contributed by atoms with Gasteiger partial charge in [0.25, 0.3) is 0 Å². The zero-order valence-corrected chi connectivity index (χ0v) is 13.6. The molecule has 1 aliphatic rings. The van der Waals surface area contributed by atoms with Crippen LogP contribution in [0.4, 0.5) is 4.79 Å². The van der Waals surface area contributed by atoms with Gasteiger partial charge in [-0.25, -0.2) is 4.79 Å². The molecule has 1 aromatic heterocycles. The molecule has 2 rings (SSSR count). The molecule has 2 heterocycles. The van der Waals surface area contributed by atoms with Crippen LogP contribution < -0.4 is 0 Å². The third-order valence-corrected chi connectivity index (χ3v) is 3.52. The first kappa shape index (κ1) is 15.0. The van der Waals surface area contributed by atoms with Crippen LogP contribution >= 0.6 is 15.9 Å². The Labute approximate surface area is 126 Å². The van der Waals surface area contributed by atoms with Crippen molar-refractivity contribution in [1.29, 1.82) is 0 Å². The van der Waals surface area contributed by atoms with Gasteiger partial charge in [-0.1, -0.05) is 0 Å². The van der Waals surface area contributed by atoms with Crippen molar-refractivity contribution >= 4 is 27.8 Å². The van der Waals surface area contributed by atoms with Crippen molar-refractivity contribution in [2.24, 2.45) is 0 Å². The van der Waals surface area contributed by atoms with Crippen molar-refractivity contribution in [1.82, 2.24) is 14.7 Å². The predicted octanol–water partition coefficient (Wildman–Crippen LogP) is 2.64. The van der Waals surface area contributed by atoms with E-state index in [1.807, 2.05) is 20.8 Å². The minimum absolute atomic E-state index is 0.0210. The van der Waals surface area contributed by atoms with Crippen molar-refractivity contribution in [3.63, 3.8) is 0 Å². The predicted molar refractivity (Wildman–Crippen MR) is 76.8 cm³/mol. The van der Waals surface area contributed by atoms with Gasteiger partial charge in [-0.15, -0.1) is 0 Å². The Hall–Kier alpha value is -1.37. The van der Waals surface area contributed by atoms with E-state index in [2.05, 4.69) is 21.0 Å². The lowest BCUT2D eigenvalue weighted by Crippen LogP contribution is -2.52. The number of ether oxygens (including phenoxy) is 1. The highest BCUT2D eigenvalue weighted by Crippen LogP contribution is 2.27. The second-order valence-corrected chi connectivity index (χ2v) is 6.74. The Kier molecular flexibility index (Phi) is 3.90. The number of ketones is 1. The highest BCUT2D eigenvalue weighted by Gasteiger charge is 2.36. The molecule has 6 nitrogen and oxygen atoms in total. The van der Waals surface area contributed by atoms with Crippen LogP contribution in [0, 0.1) is 0 Å². The largest absolute Gasteiger partial charge is 0.444 e. The molecule has 0 aliphatic carbocycles. The second kappa shape index (κ2) is 5.20. The number of hydrogen-bond acceptors (Lipinski definition) is 4. The summed E-state index contributed by atoms with van der Waals surface area (Å²) in [6, 6.07) is 0.0210. The van der Waals surface area contributed by atoms with E-state index >= 15 is 0 Å². The molecule has 0 N–H and O–H groups in total. The Balaban J connectivity index is 2.01. The molecule has 1 aromatic rings. The summed E-state index contributed by atoms with van der Waals surface area (Å²) in [7, 11) is 0. The molecule has 1 amide bonds. The van der Waals surface area contributed by atoms with Gasteiger partial charge in [-0.3, -0.25) is 9.48 Å². The lowest BCUT2D eigenvalue weighted by molar-refractivity contribution is -0.000602. The fourth-order valence-electron chi connectivity index (χ4n) is 2.03. The van der Waals surface area contributed by atoms with Crippen LogP contribution in [0.25, 0.3) is 0 Å². The minimum atomic E-state index is -0.499. The minimum Gasteiger partial charge on any atom is -0.444 e. The number of rotatable bonds is 2. The molecule has 20 heavy (non-hydrogen) atoms. The van der Waals surface area contributed by atoms with E-state index < -0.39 is 5.60 Å². The van der Waals surface area contributed by atoms with Crippen LogP contribution in [0.5, 0.6) is 0 Å². The van der Waals surface area contributed by atoms with E-state index in [0.29, 0.717) is 23.3 Å². The molecule has 0 aromatic carbocycles. The molecular weight excluding hydrogens is 326 g/mol. The van der Waals surface area contributed by atoms with Crippen LogP contribution in [-0.2, 0) is 4.74 Å². The normalized spacial score (nSPS) is 15.9. The lowest BCUT2D eigenvalue weighted by Gasteiger charge is -2.40. The van der Waals surface area contributed by atoms with Gasteiger partial charge in [0.05, 0.1) is 16.7 Å². The van der Waals surface area contributed by atoms with Gasteiger partial charge in [-0.2, -0.15) is 5.10 Å². The topological polar surface area (TPSA) is 64.4 Å². The number of carbonyl (C=O) groups is 2. The average Bonchev–Trinajstić information content (AvgIpc) is 2.55. The first-order valence-corrected chi connectivity index (χ1v) is 7.20. The van der Waals surface area contributed by atoms with Gasteiger partial charge < -0.3 is 9.64 Å². The molecule has 0 atom stereocenters. The van der Waals surface area contributed by atoms with Gasteiger partial charge >= 0.3 is 6.09 Å². The second-order valence-electron chi connectivity index (χ2n) is 5.88. The molecule has 0 spiro atoms. The third-order valence-electron chi connectivity index (χ3n) is 2.94. The van der Waals surface area contributed by atoms with E-state index in [9.17, 15) is 9.59 Å². The summed E-state index contributed by atoms with van der Waals surface area (Å²) < 4.78 is 7.64. The molecule has 1 saturated heterocycles. The quantitative estimate of drug-likeness (QED) is 0.774. The van der Waals surface area contributed by atoms with Crippen molar-refractivity contribution in [3.8, 4) is 0 Å². The van der Waals surface area contributed by atoms with Gasteiger partial charge in [0, 0.05) is 20.0 Å². The Morgan fingerprint density at radius 2 is 2.00 bits per heavy atom. The number of likely N-dealkylation sites (tertiary alicyclic amines) is 1. The molecular formula is C13H18BrN3O3. The van der Waals surface area contributed by atoms with Crippen LogP contribution in [-0.4, -0.2) is 45.2 Å². The molecule has 110 valence electrons. The Morgan fingerprint density at radius 1 is 1.40 bits per heavy atom. The Bertz CT molecular complexity index is 542. The SMILES string of the molecule is CC(=O)c1c(Br)cnn1C1CN(C(=O)OC(C)(C)C)C1. The summed E-state index contributed by atoms with van der Waals surface area (Å²) in [5.74, 6) is -0.0508. The van der Waals surface area contributed by atoms with Crippen LogP contribution in [0.3, 0.4) is 0 Å². The van der Waals surface area contributed by atoms with Gasteiger partial charge in [-0.05, 0) is 36.7 Å². The number of aromatic nitrogens is 2. The molecule has 1 fully saturated rings. The molecule has 0 unspecified atom stereocenters. The summed E-state index contributed by atoms with van der Waals surface area (Å²) in [6.07, 6.45) is 1.27. The third kappa shape index (κ3) is 3.03. The Morgan fingerprint density at radius 3 is 2.50 bits per heavy atom. The van der Waals surface area contributed by atoms with Crippen molar-refractivity contribution in [2.75, 3.05) is 13.1 Å². The maximum absolute atomic E-state index is 11.8. The van der Waals surface area contributed by atoms with E-state index in [4.69, 9.17) is 4.74 Å². The molecule has 0 bridgehead atoms. The van der Waals surface area contributed by atoms with E-state index in [1.54, 1.807) is 15.8 Å². The van der Waals surface area contributed by atoms with E-state index in [-0.39, 0.29) is 17.9 Å². The highest BCUT2D eigenvalue weighted by atomic mass is 79.9. The number of nitrogens with zero attached hydrogens (tertiary/aromatic N) is 3. The number of carbonyl (C=O) groups excluding carboxylic acids is 2. The van der Waals surface area contributed by atoms with Crippen molar-refractivity contribution in [3.05, 3.63) is 16.4 Å². The summed E-state index contributed by atoms with van der Waals surface area (Å²) in [6.45, 7) is 8.01. The maximum atomic E-state index is 11.8. The monoisotopic (exact) mass is 343 g/mol. The molecule has 7 heteroatoms. The smallest absolute Gasteiger partial charge is 0.410 e. The van der Waals surface area contributed by atoms with Crippen LogP contribution in [0.1, 0.15) is 44.2 Å². The van der Waals surface area contributed by atoms with E-state index in [1.165, 1.54) is 6.92 Å². The molecule has 0 radical (unpaired) electrons. The first-order valence-electron chi connectivity index (χ1n) is 6.41. The first-order chi connectivity index (χ1) is 9.19. The summed E-state index contributed by atoms with van der Waals surface area (Å²) in [4.78, 5) is 25.0. The fraction of sp³-hybridized carbons (Fsp3) is 0.615. The zero-order chi connectivity index (χ0) is 15.1. The summed E-state index contributed by atoms with van der Waals surface area (Å²) in [5.41, 5.74) is 0.0420. The van der Waals surface area contributed by atoms with Crippen molar-refractivity contribution in [2.45, 2.75) is 39.3 Å². The number of hydrogen-bond donors (Lipinski definition) is 0. The summed E-state index contributed by atoms with van der Waals surface area (Å²) >= 11 is 3.31. The number of amides is 1.